The Morgan fingerprint density at radius 3 is 2.31 bits per heavy atom. The summed E-state index contributed by atoms with van der Waals surface area (Å²) in [6, 6.07) is 0. The van der Waals surface area contributed by atoms with E-state index in [0.717, 1.165) is 31.4 Å². The minimum absolute atomic E-state index is 0.176. The first-order valence-electron chi connectivity index (χ1n) is 5.50. The van der Waals surface area contributed by atoms with Crippen molar-refractivity contribution in [2.24, 2.45) is 0 Å². The molecule has 16 heavy (non-hydrogen) atoms. The van der Waals surface area contributed by atoms with Gasteiger partial charge in [0.25, 0.3) is 0 Å². The molecular weight excluding hydrogens is 224 g/mol. The van der Waals surface area contributed by atoms with E-state index in [2.05, 4.69) is 6.58 Å². The highest BCUT2D eigenvalue weighted by Gasteiger charge is 2.01. The zero-order valence-corrected chi connectivity index (χ0v) is 10.9. The monoisotopic (exact) mass is 244 g/mol. The average Bonchev–Trinajstić information content (AvgIpc) is 2.21. The standard InChI is InChI=1S/C12H20O3S/c1-10(2)12(14)15-8-6-4-5-7-9-16-11(3)13/h1,4-9H2,2-3H3. The smallest absolute Gasteiger partial charge is 0.333 e. The number of hydrogen-bond donors (Lipinski definition) is 0. The normalized spacial score (nSPS) is 9.88. The fraction of sp³-hybridized carbons (Fsp3) is 0.667. The molecule has 0 saturated carbocycles. The van der Waals surface area contributed by atoms with Gasteiger partial charge in [-0.1, -0.05) is 31.2 Å². The lowest BCUT2D eigenvalue weighted by atomic mass is 10.2. The Kier molecular flexibility index (Phi) is 9.00. The lowest BCUT2D eigenvalue weighted by molar-refractivity contribution is -0.139. The van der Waals surface area contributed by atoms with Crippen molar-refractivity contribution in [3.8, 4) is 0 Å². The first kappa shape index (κ1) is 15.2. The Hall–Kier alpha value is -0.770. The van der Waals surface area contributed by atoms with E-state index in [-0.39, 0.29) is 11.1 Å². The highest BCUT2D eigenvalue weighted by Crippen LogP contribution is 2.08. The molecule has 0 aliphatic heterocycles. The largest absolute Gasteiger partial charge is 0.462 e. The molecule has 0 aromatic carbocycles. The van der Waals surface area contributed by atoms with Gasteiger partial charge in [0.1, 0.15) is 0 Å². The third-order valence-corrected chi connectivity index (χ3v) is 2.82. The highest BCUT2D eigenvalue weighted by atomic mass is 32.2. The third-order valence-electron chi connectivity index (χ3n) is 1.93. The summed E-state index contributed by atoms with van der Waals surface area (Å²) in [4.78, 5) is 21.6. The minimum atomic E-state index is -0.313. The third kappa shape index (κ3) is 9.77. The van der Waals surface area contributed by atoms with Crippen molar-refractivity contribution >= 4 is 22.8 Å². The second kappa shape index (κ2) is 9.46. The van der Waals surface area contributed by atoms with Crippen LogP contribution in [-0.2, 0) is 14.3 Å². The number of rotatable bonds is 8. The molecule has 0 aliphatic carbocycles. The van der Waals surface area contributed by atoms with E-state index < -0.39 is 0 Å². The molecule has 4 heteroatoms. The molecule has 0 aromatic rings. The fourth-order valence-electron chi connectivity index (χ4n) is 1.06. The average molecular weight is 244 g/mol. The van der Waals surface area contributed by atoms with Crippen molar-refractivity contribution in [1.29, 1.82) is 0 Å². The molecule has 0 radical (unpaired) electrons. The SMILES string of the molecule is C=C(C)C(=O)OCCCCCCSC(C)=O. The summed E-state index contributed by atoms with van der Waals surface area (Å²) in [6.45, 7) is 7.19. The number of carbonyl (C=O) groups excluding carboxylic acids is 2. The van der Waals surface area contributed by atoms with E-state index in [9.17, 15) is 9.59 Å². The lowest BCUT2D eigenvalue weighted by Gasteiger charge is -2.03. The van der Waals surface area contributed by atoms with Crippen molar-refractivity contribution in [1.82, 2.24) is 0 Å². The van der Waals surface area contributed by atoms with Crippen molar-refractivity contribution < 1.29 is 14.3 Å². The number of hydrogen-bond acceptors (Lipinski definition) is 4. The van der Waals surface area contributed by atoms with E-state index >= 15 is 0 Å². The summed E-state index contributed by atoms with van der Waals surface area (Å²) in [5.74, 6) is 0.577. The number of ether oxygens (including phenoxy) is 1. The van der Waals surface area contributed by atoms with Crippen molar-refractivity contribution in [3.05, 3.63) is 12.2 Å². The molecule has 0 aliphatic rings. The molecule has 0 bridgehead atoms. The summed E-state index contributed by atoms with van der Waals surface area (Å²) in [7, 11) is 0. The predicted octanol–water partition coefficient (Wildman–Crippen LogP) is 2.95. The number of carbonyl (C=O) groups is 2. The quantitative estimate of drug-likeness (QED) is 0.374. The maximum absolute atomic E-state index is 11.0. The van der Waals surface area contributed by atoms with E-state index in [1.54, 1.807) is 13.8 Å². The van der Waals surface area contributed by atoms with Crippen LogP contribution in [0.2, 0.25) is 0 Å². The molecule has 0 aromatic heterocycles. The second-order valence-electron chi connectivity index (χ2n) is 3.67. The molecule has 0 amide bonds. The van der Waals surface area contributed by atoms with E-state index in [1.807, 2.05) is 0 Å². The molecule has 0 fully saturated rings. The van der Waals surface area contributed by atoms with E-state index in [1.165, 1.54) is 11.8 Å². The lowest BCUT2D eigenvalue weighted by Crippen LogP contribution is -2.06. The van der Waals surface area contributed by atoms with Gasteiger partial charge in [0.05, 0.1) is 6.61 Å². The molecule has 0 unspecified atom stereocenters. The van der Waals surface area contributed by atoms with Crippen LogP contribution in [0.1, 0.15) is 39.5 Å². The van der Waals surface area contributed by atoms with Crippen LogP contribution in [0.15, 0.2) is 12.2 Å². The summed E-state index contributed by atoms with van der Waals surface area (Å²) >= 11 is 1.37. The number of esters is 1. The van der Waals surface area contributed by atoms with Crippen molar-refractivity contribution in [2.45, 2.75) is 39.5 Å². The molecule has 0 rings (SSSR count). The minimum Gasteiger partial charge on any atom is -0.462 e. The first-order chi connectivity index (χ1) is 7.54. The summed E-state index contributed by atoms with van der Waals surface area (Å²) in [5, 5.41) is 0.176. The number of thioether (sulfide) groups is 1. The van der Waals surface area contributed by atoms with Gasteiger partial charge in [0.2, 0.25) is 0 Å². The Bertz CT molecular complexity index is 249. The van der Waals surface area contributed by atoms with Gasteiger partial charge in [-0.25, -0.2) is 4.79 Å². The Balaban J connectivity index is 3.19. The van der Waals surface area contributed by atoms with E-state index in [4.69, 9.17) is 4.74 Å². The Morgan fingerprint density at radius 1 is 1.12 bits per heavy atom. The van der Waals surface area contributed by atoms with Gasteiger partial charge in [-0.2, -0.15) is 0 Å². The molecule has 92 valence electrons. The van der Waals surface area contributed by atoms with Gasteiger partial charge >= 0.3 is 5.97 Å². The molecule has 0 heterocycles. The zero-order chi connectivity index (χ0) is 12.4. The predicted molar refractivity (Wildman–Crippen MR) is 67.4 cm³/mol. The Morgan fingerprint density at radius 2 is 1.75 bits per heavy atom. The molecule has 3 nitrogen and oxygen atoms in total. The van der Waals surface area contributed by atoms with Gasteiger partial charge in [0.15, 0.2) is 5.12 Å². The van der Waals surface area contributed by atoms with Crippen LogP contribution in [0.5, 0.6) is 0 Å². The van der Waals surface area contributed by atoms with Crippen LogP contribution in [0, 0.1) is 0 Å². The maximum Gasteiger partial charge on any atom is 0.333 e. The molecular formula is C12H20O3S. The molecule has 0 spiro atoms. The van der Waals surface area contributed by atoms with Gasteiger partial charge < -0.3 is 4.74 Å². The van der Waals surface area contributed by atoms with Crippen LogP contribution in [0.4, 0.5) is 0 Å². The summed E-state index contributed by atoms with van der Waals surface area (Å²) in [6.07, 6.45) is 4.02. The van der Waals surface area contributed by atoms with E-state index in [0.29, 0.717) is 12.2 Å². The molecule has 0 N–H and O–H groups in total. The van der Waals surface area contributed by atoms with Crippen LogP contribution >= 0.6 is 11.8 Å². The highest BCUT2D eigenvalue weighted by molar-refractivity contribution is 8.13. The first-order valence-corrected chi connectivity index (χ1v) is 6.48. The molecule has 0 saturated heterocycles. The molecule has 0 atom stereocenters. The van der Waals surface area contributed by atoms with Gasteiger partial charge in [0, 0.05) is 18.2 Å². The zero-order valence-electron chi connectivity index (χ0n) is 10.1. The number of unbranched alkanes of at least 4 members (excludes halogenated alkanes) is 3. The van der Waals surface area contributed by atoms with Crippen LogP contribution in [0.25, 0.3) is 0 Å². The maximum atomic E-state index is 11.0. The van der Waals surface area contributed by atoms with Gasteiger partial charge in [-0.15, -0.1) is 0 Å². The fourth-order valence-corrected chi connectivity index (χ4v) is 1.70. The van der Waals surface area contributed by atoms with Crippen molar-refractivity contribution in [3.63, 3.8) is 0 Å². The summed E-state index contributed by atoms with van der Waals surface area (Å²) < 4.78 is 4.95. The van der Waals surface area contributed by atoms with Crippen LogP contribution < -0.4 is 0 Å². The topological polar surface area (TPSA) is 43.4 Å². The van der Waals surface area contributed by atoms with Crippen LogP contribution in [-0.4, -0.2) is 23.4 Å². The van der Waals surface area contributed by atoms with Gasteiger partial charge in [-0.3, -0.25) is 4.79 Å². The summed E-state index contributed by atoms with van der Waals surface area (Å²) in [5.41, 5.74) is 0.442. The van der Waals surface area contributed by atoms with Gasteiger partial charge in [-0.05, 0) is 19.8 Å². The van der Waals surface area contributed by atoms with Crippen LogP contribution in [0.3, 0.4) is 0 Å². The second-order valence-corrected chi connectivity index (χ2v) is 4.94. The van der Waals surface area contributed by atoms with Crippen molar-refractivity contribution in [2.75, 3.05) is 12.4 Å². The Labute approximate surface area is 102 Å².